The number of rotatable bonds is 1. The van der Waals surface area contributed by atoms with Gasteiger partial charge in [0, 0.05) is 6.54 Å². The second kappa shape index (κ2) is 3.88. The monoisotopic (exact) mass is 200 g/mol. The van der Waals surface area contributed by atoms with Crippen LogP contribution in [0.1, 0.15) is 25.7 Å². The van der Waals surface area contributed by atoms with Gasteiger partial charge in [-0.15, -0.1) is 11.8 Å². The molecule has 2 rings (SSSR count). The lowest BCUT2D eigenvalue weighted by atomic mass is 10.2. The standard InChI is InChI=1S/C9H16N2OS/c10-9(12)7-3-4-8-11(7)5-1-2-6-13-8/h7-8H,1-6H2,(H2,10,12). The van der Waals surface area contributed by atoms with Gasteiger partial charge in [0.2, 0.25) is 5.91 Å². The number of carbonyl (C=O) groups excluding carboxylic acids is 1. The first-order valence-corrected chi connectivity index (χ1v) is 6.00. The first-order valence-electron chi connectivity index (χ1n) is 4.95. The number of amides is 1. The van der Waals surface area contributed by atoms with Gasteiger partial charge in [0.25, 0.3) is 0 Å². The predicted octanol–water partition coefficient (Wildman–Crippen LogP) is 0.789. The van der Waals surface area contributed by atoms with Crippen molar-refractivity contribution in [3.63, 3.8) is 0 Å². The Morgan fingerprint density at radius 2 is 2.23 bits per heavy atom. The molecule has 3 nitrogen and oxygen atoms in total. The molecule has 2 N–H and O–H groups in total. The maximum atomic E-state index is 11.1. The van der Waals surface area contributed by atoms with Gasteiger partial charge in [0.05, 0.1) is 11.4 Å². The molecular formula is C9H16N2OS. The third-order valence-corrected chi connectivity index (χ3v) is 4.32. The Bertz CT molecular complexity index is 210. The van der Waals surface area contributed by atoms with Crippen molar-refractivity contribution in [1.82, 2.24) is 4.90 Å². The van der Waals surface area contributed by atoms with E-state index in [-0.39, 0.29) is 11.9 Å². The summed E-state index contributed by atoms with van der Waals surface area (Å²) in [6, 6.07) is 0.0237. The molecule has 0 aromatic carbocycles. The molecule has 2 aliphatic rings. The Balaban J connectivity index is 2.06. The zero-order valence-electron chi connectivity index (χ0n) is 7.74. The summed E-state index contributed by atoms with van der Waals surface area (Å²) in [6.45, 7) is 1.06. The van der Waals surface area contributed by atoms with E-state index in [2.05, 4.69) is 4.90 Å². The number of hydrogen-bond donors (Lipinski definition) is 1. The summed E-state index contributed by atoms with van der Waals surface area (Å²) in [5, 5.41) is 0.569. The van der Waals surface area contributed by atoms with E-state index >= 15 is 0 Å². The summed E-state index contributed by atoms with van der Waals surface area (Å²) >= 11 is 1.99. The summed E-state index contributed by atoms with van der Waals surface area (Å²) in [5.74, 6) is 1.11. The summed E-state index contributed by atoms with van der Waals surface area (Å²) in [6.07, 6.45) is 4.60. The van der Waals surface area contributed by atoms with E-state index < -0.39 is 0 Å². The van der Waals surface area contributed by atoms with Crippen LogP contribution in [0.3, 0.4) is 0 Å². The molecule has 2 aliphatic heterocycles. The van der Waals surface area contributed by atoms with E-state index in [1.807, 2.05) is 11.8 Å². The van der Waals surface area contributed by atoms with Crippen molar-refractivity contribution < 1.29 is 4.79 Å². The fourth-order valence-corrected chi connectivity index (χ4v) is 3.62. The third kappa shape index (κ3) is 1.83. The van der Waals surface area contributed by atoms with Crippen molar-refractivity contribution >= 4 is 17.7 Å². The highest BCUT2D eigenvalue weighted by molar-refractivity contribution is 7.99. The number of nitrogens with zero attached hydrogens (tertiary/aromatic N) is 1. The van der Waals surface area contributed by atoms with E-state index in [0.29, 0.717) is 5.37 Å². The topological polar surface area (TPSA) is 46.3 Å². The molecule has 2 atom stereocenters. The lowest BCUT2D eigenvalue weighted by Gasteiger charge is -2.25. The minimum Gasteiger partial charge on any atom is -0.368 e. The van der Waals surface area contributed by atoms with Crippen LogP contribution >= 0.6 is 11.8 Å². The SMILES string of the molecule is NC(=O)C1CCC2SCCCCN21. The molecule has 13 heavy (non-hydrogen) atoms. The summed E-state index contributed by atoms with van der Waals surface area (Å²) in [4.78, 5) is 13.4. The van der Waals surface area contributed by atoms with Gasteiger partial charge in [0.15, 0.2) is 0 Å². The van der Waals surface area contributed by atoms with E-state index in [0.717, 1.165) is 19.4 Å². The Kier molecular flexibility index (Phi) is 2.79. The lowest BCUT2D eigenvalue weighted by Crippen LogP contribution is -2.42. The van der Waals surface area contributed by atoms with Gasteiger partial charge in [-0.1, -0.05) is 0 Å². The summed E-state index contributed by atoms with van der Waals surface area (Å²) < 4.78 is 0. The molecule has 2 fully saturated rings. The maximum Gasteiger partial charge on any atom is 0.234 e. The van der Waals surface area contributed by atoms with Crippen molar-refractivity contribution in [1.29, 1.82) is 0 Å². The largest absolute Gasteiger partial charge is 0.368 e. The molecule has 1 amide bonds. The van der Waals surface area contributed by atoms with Gasteiger partial charge < -0.3 is 5.73 Å². The Hall–Kier alpha value is -0.220. The number of fused-ring (bicyclic) bond motifs is 1. The van der Waals surface area contributed by atoms with Crippen LogP contribution in [0.2, 0.25) is 0 Å². The average molecular weight is 200 g/mol. The van der Waals surface area contributed by atoms with Crippen LogP contribution in [0.15, 0.2) is 0 Å². The van der Waals surface area contributed by atoms with Crippen LogP contribution in [0.4, 0.5) is 0 Å². The maximum absolute atomic E-state index is 11.1. The van der Waals surface area contributed by atoms with Crippen molar-refractivity contribution in [2.24, 2.45) is 5.73 Å². The Labute approximate surface area is 83.0 Å². The van der Waals surface area contributed by atoms with Crippen LogP contribution in [0, 0.1) is 0 Å². The van der Waals surface area contributed by atoms with E-state index in [4.69, 9.17) is 5.73 Å². The molecular weight excluding hydrogens is 184 g/mol. The summed E-state index contributed by atoms with van der Waals surface area (Å²) in [5.41, 5.74) is 5.37. The number of primary amides is 1. The predicted molar refractivity (Wildman–Crippen MR) is 54.4 cm³/mol. The molecule has 0 aromatic rings. The van der Waals surface area contributed by atoms with Crippen LogP contribution < -0.4 is 5.73 Å². The van der Waals surface area contributed by atoms with E-state index in [1.54, 1.807) is 0 Å². The average Bonchev–Trinajstić information content (AvgIpc) is 2.36. The van der Waals surface area contributed by atoms with Crippen molar-refractivity contribution in [3.05, 3.63) is 0 Å². The molecule has 0 aliphatic carbocycles. The molecule has 0 bridgehead atoms. The molecule has 0 radical (unpaired) electrons. The first kappa shape index (κ1) is 9.34. The van der Waals surface area contributed by atoms with E-state index in [1.165, 1.54) is 18.6 Å². The molecule has 74 valence electrons. The first-order chi connectivity index (χ1) is 6.29. The smallest absolute Gasteiger partial charge is 0.234 e. The van der Waals surface area contributed by atoms with Gasteiger partial charge in [-0.2, -0.15) is 0 Å². The number of nitrogens with two attached hydrogens (primary N) is 1. The second-order valence-corrected chi connectivity index (χ2v) is 5.05. The highest BCUT2D eigenvalue weighted by atomic mass is 32.2. The Morgan fingerprint density at radius 3 is 3.00 bits per heavy atom. The molecule has 0 saturated carbocycles. The van der Waals surface area contributed by atoms with Crippen LogP contribution in [0.5, 0.6) is 0 Å². The number of carbonyl (C=O) groups is 1. The Morgan fingerprint density at radius 1 is 1.38 bits per heavy atom. The summed E-state index contributed by atoms with van der Waals surface area (Å²) in [7, 11) is 0. The van der Waals surface area contributed by atoms with Crippen LogP contribution in [0.25, 0.3) is 0 Å². The van der Waals surface area contributed by atoms with Crippen molar-refractivity contribution in [2.45, 2.75) is 37.1 Å². The van der Waals surface area contributed by atoms with E-state index in [9.17, 15) is 4.79 Å². The fraction of sp³-hybridized carbons (Fsp3) is 0.889. The molecule has 2 heterocycles. The normalized spacial score (nSPS) is 35.4. The van der Waals surface area contributed by atoms with Crippen molar-refractivity contribution in [2.75, 3.05) is 12.3 Å². The minimum absolute atomic E-state index is 0.0237. The number of hydrogen-bond acceptors (Lipinski definition) is 3. The quantitative estimate of drug-likeness (QED) is 0.680. The second-order valence-electron chi connectivity index (χ2n) is 3.77. The third-order valence-electron chi connectivity index (χ3n) is 2.91. The zero-order valence-corrected chi connectivity index (χ0v) is 8.55. The highest BCUT2D eigenvalue weighted by Crippen LogP contribution is 2.34. The highest BCUT2D eigenvalue weighted by Gasteiger charge is 2.37. The zero-order chi connectivity index (χ0) is 9.26. The molecule has 2 saturated heterocycles. The van der Waals surface area contributed by atoms with Gasteiger partial charge >= 0.3 is 0 Å². The van der Waals surface area contributed by atoms with Gasteiger partial charge in [0.1, 0.15) is 0 Å². The molecule has 4 heteroatoms. The molecule has 2 unspecified atom stereocenters. The van der Waals surface area contributed by atoms with Crippen LogP contribution in [-0.2, 0) is 4.79 Å². The molecule has 0 spiro atoms. The minimum atomic E-state index is -0.134. The molecule has 0 aromatic heterocycles. The van der Waals surface area contributed by atoms with Crippen LogP contribution in [-0.4, -0.2) is 34.5 Å². The van der Waals surface area contributed by atoms with Gasteiger partial charge in [-0.05, 0) is 31.4 Å². The lowest BCUT2D eigenvalue weighted by molar-refractivity contribution is -0.122. The van der Waals surface area contributed by atoms with Gasteiger partial charge in [-0.25, -0.2) is 0 Å². The fourth-order valence-electron chi connectivity index (χ4n) is 2.23. The van der Waals surface area contributed by atoms with Gasteiger partial charge in [-0.3, -0.25) is 9.69 Å². The number of thioether (sulfide) groups is 1. The van der Waals surface area contributed by atoms with Crippen molar-refractivity contribution in [3.8, 4) is 0 Å².